The van der Waals surface area contributed by atoms with Crippen LogP contribution in [0.3, 0.4) is 0 Å². The van der Waals surface area contributed by atoms with Crippen LogP contribution in [0.25, 0.3) is 0 Å². The highest BCUT2D eigenvalue weighted by Gasteiger charge is 2.30. The minimum absolute atomic E-state index is 0.296. The van der Waals surface area contributed by atoms with E-state index >= 15 is 0 Å². The fourth-order valence-electron chi connectivity index (χ4n) is 2.96. The van der Waals surface area contributed by atoms with Crippen LogP contribution in [0.2, 0.25) is 0 Å². The van der Waals surface area contributed by atoms with Crippen molar-refractivity contribution in [2.75, 3.05) is 13.7 Å². The Hall–Kier alpha value is -1.45. The zero-order valence-corrected chi connectivity index (χ0v) is 13.3. The predicted octanol–water partition coefficient (Wildman–Crippen LogP) is 4.06. The van der Waals surface area contributed by atoms with E-state index in [2.05, 4.69) is 47.8 Å². The van der Waals surface area contributed by atoms with E-state index in [0.717, 1.165) is 12.2 Å². The Labute approximate surface area is 130 Å². The number of ether oxygens (including phenoxy) is 1. The summed E-state index contributed by atoms with van der Waals surface area (Å²) >= 11 is 1.97. The third kappa shape index (κ3) is 2.94. The van der Waals surface area contributed by atoms with Crippen molar-refractivity contribution in [2.45, 2.75) is 29.5 Å². The topological polar surface area (TPSA) is 21.3 Å². The summed E-state index contributed by atoms with van der Waals surface area (Å²) in [5.74, 6) is 0.996. The number of hydrogen-bond donors (Lipinski definition) is 1. The van der Waals surface area contributed by atoms with Gasteiger partial charge in [0.15, 0.2) is 0 Å². The first kappa shape index (κ1) is 14.5. The monoisotopic (exact) mass is 299 g/mol. The molecule has 3 heteroatoms. The number of nitrogens with one attached hydrogen (secondary N) is 1. The minimum Gasteiger partial charge on any atom is -0.494 e. The van der Waals surface area contributed by atoms with Gasteiger partial charge >= 0.3 is 0 Å². The molecule has 2 unspecified atom stereocenters. The standard InChI is InChI=1S/C18H21NOS/c1-3-20-15-10-6-5-9-14(15)18(19-2)17-12-13-8-4-7-11-16(13)21-17/h4-11,17-19H,3,12H2,1-2H3. The van der Waals surface area contributed by atoms with Crippen LogP contribution in [0.5, 0.6) is 5.75 Å². The molecule has 2 aromatic rings. The molecular weight excluding hydrogens is 278 g/mol. The van der Waals surface area contributed by atoms with Crippen LogP contribution in [0.1, 0.15) is 24.1 Å². The fraction of sp³-hybridized carbons (Fsp3) is 0.333. The van der Waals surface area contributed by atoms with Gasteiger partial charge in [0.25, 0.3) is 0 Å². The highest BCUT2D eigenvalue weighted by atomic mass is 32.2. The zero-order chi connectivity index (χ0) is 14.7. The molecule has 1 N–H and O–H groups in total. The minimum atomic E-state index is 0.296. The van der Waals surface area contributed by atoms with Crippen molar-refractivity contribution >= 4 is 11.8 Å². The third-order valence-corrected chi connectivity index (χ3v) is 5.30. The number of hydrogen-bond acceptors (Lipinski definition) is 3. The van der Waals surface area contributed by atoms with Crippen molar-refractivity contribution in [2.24, 2.45) is 0 Å². The first-order valence-corrected chi connectivity index (χ1v) is 8.35. The molecule has 2 atom stereocenters. The van der Waals surface area contributed by atoms with E-state index in [9.17, 15) is 0 Å². The van der Waals surface area contributed by atoms with Gasteiger partial charge in [-0.05, 0) is 38.1 Å². The SMILES string of the molecule is CCOc1ccccc1C(NC)C1Cc2ccccc2S1. The van der Waals surface area contributed by atoms with Crippen molar-refractivity contribution in [3.63, 3.8) is 0 Å². The van der Waals surface area contributed by atoms with Gasteiger partial charge in [0.2, 0.25) is 0 Å². The molecule has 0 aromatic heterocycles. The van der Waals surface area contributed by atoms with E-state index in [4.69, 9.17) is 4.74 Å². The number of thioether (sulfide) groups is 1. The lowest BCUT2D eigenvalue weighted by Crippen LogP contribution is -2.27. The third-order valence-electron chi connectivity index (χ3n) is 3.91. The summed E-state index contributed by atoms with van der Waals surface area (Å²) in [6.45, 7) is 2.73. The molecule has 0 saturated heterocycles. The van der Waals surface area contributed by atoms with E-state index in [1.54, 1.807) is 0 Å². The van der Waals surface area contributed by atoms with Crippen LogP contribution < -0.4 is 10.1 Å². The largest absolute Gasteiger partial charge is 0.494 e. The lowest BCUT2D eigenvalue weighted by Gasteiger charge is -2.24. The molecule has 0 aliphatic carbocycles. The number of fused-ring (bicyclic) bond motifs is 1. The molecule has 110 valence electrons. The van der Waals surface area contributed by atoms with Crippen molar-refractivity contribution in [3.8, 4) is 5.75 Å². The Balaban J connectivity index is 1.87. The molecule has 0 radical (unpaired) electrons. The van der Waals surface area contributed by atoms with Crippen molar-refractivity contribution in [3.05, 3.63) is 59.7 Å². The van der Waals surface area contributed by atoms with E-state index in [0.29, 0.717) is 17.9 Å². The Bertz CT molecular complexity index is 589. The molecule has 21 heavy (non-hydrogen) atoms. The second kappa shape index (κ2) is 6.54. The van der Waals surface area contributed by atoms with Crippen LogP contribution in [0.4, 0.5) is 0 Å². The van der Waals surface area contributed by atoms with Gasteiger partial charge < -0.3 is 10.1 Å². The maximum absolute atomic E-state index is 5.81. The fourth-order valence-corrected chi connectivity index (χ4v) is 4.43. The summed E-state index contributed by atoms with van der Waals surface area (Å²) < 4.78 is 5.81. The Morgan fingerprint density at radius 1 is 1.19 bits per heavy atom. The summed E-state index contributed by atoms with van der Waals surface area (Å²) in [6.07, 6.45) is 1.10. The maximum atomic E-state index is 5.81. The smallest absolute Gasteiger partial charge is 0.124 e. The maximum Gasteiger partial charge on any atom is 0.124 e. The zero-order valence-electron chi connectivity index (χ0n) is 12.5. The van der Waals surface area contributed by atoms with Crippen LogP contribution in [-0.2, 0) is 6.42 Å². The Morgan fingerprint density at radius 2 is 1.95 bits per heavy atom. The summed E-state index contributed by atoms with van der Waals surface area (Å²) in [5.41, 5.74) is 2.72. The van der Waals surface area contributed by atoms with Crippen LogP contribution in [0, 0.1) is 0 Å². The van der Waals surface area contributed by atoms with Crippen LogP contribution in [0.15, 0.2) is 53.4 Å². The van der Waals surface area contributed by atoms with Gasteiger partial charge in [-0.1, -0.05) is 36.4 Å². The normalized spacial score (nSPS) is 18.3. The van der Waals surface area contributed by atoms with Crippen molar-refractivity contribution in [1.82, 2.24) is 5.32 Å². The van der Waals surface area contributed by atoms with Gasteiger partial charge in [0.05, 0.1) is 6.61 Å². The van der Waals surface area contributed by atoms with E-state index in [1.807, 2.05) is 31.8 Å². The Morgan fingerprint density at radius 3 is 2.71 bits per heavy atom. The first-order valence-electron chi connectivity index (χ1n) is 7.47. The van der Waals surface area contributed by atoms with Crippen molar-refractivity contribution in [1.29, 1.82) is 0 Å². The summed E-state index contributed by atoms with van der Waals surface area (Å²) in [6, 6.07) is 17.4. The van der Waals surface area contributed by atoms with Gasteiger partial charge in [0, 0.05) is 21.8 Å². The van der Waals surface area contributed by atoms with E-state index in [-0.39, 0.29) is 0 Å². The summed E-state index contributed by atoms with van der Waals surface area (Å²) in [7, 11) is 2.04. The molecule has 0 amide bonds. The van der Waals surface area contributed by atoms with Crippen LogP contribution >= 0.6 is 11.8 Å². The Kier molecular flexibility index (Phi) is 4.51. The molecule has 1 aliphatic heterocycles. The second-order valence-corrected chi connectivity index (χ2v) is 6.49. The summed E-state index contributed by atoms with van der Waals surface area (Å²) in [5, 5.41) is 4.00. The molecule has 2 aromatic carbocycles. The molecule has 0 spiro atoms. The molecule has 2 nitrogen and oxygen atoms in total. The first-order chi connectivity index (χ1) is 10.3. The molecule has 3 rings (SSSR count). The lowest BCUT2D eigenvalue weighted by molar-refractivity contribution is 0.331. The quantitative estimate of drug-likeness (QED) is 0.899. The van der Waals surface area contributed by atoms with E-state index in [1.165, 1.54) is 16.0 Å². The highest BCUT2D eigenvalue weighted by Crippen LogP contribution is 2.43. The van der Waals surface area contributed by atoms with Crippen molar-refractivity contribution < 1.29 is 4.74 Å². The molecule has 0 fully saturated rings. The van der Waals surface area contributed by atoms with Gasteiger partial charge in [-0.15, -0.1) is 11.8 Å². The second-order valence-electron chi connectivity index (χ2n) is 5.21. The van der Waals surface area contributed by atoms with Gasteiger partial charge in [0.1, 0.15) is 5.75 Å². The predicted molar refractivity (Wildman–Crippen MR) is 89.2 cm³/mol. The van der Waals surface area contributed by atoms with E-state index < -0.39 is 0 Å². The molecular formula is C18H21NOS. The average Bonchev–Trinajstić information content (AvgIpc) is 2.93. The number of para-hydroxylation sites is 1. The number of benzene rings is 2. The van der Waals surface area contributed by atoms with Gasteiger partial charge in [-0.2, -0.15) is 0 Å². The number of rotatable bonds is 5. The average molecular weight is 299 g/mol. The molecule has 1 heterocycles. The summed E-state index contributed by atoms with van der Waals surface area (Å²) in [4.78, 5) is 1.41. The van der Waals surface area contributed by atoms with Gasteiger partial charge in [-0.25, -0.2) is 0 Å². The molecule has 1 aliphatic rings. The molecule has 0 bridgehead atoms. The van der Waals surface area contributed by atoms with Crippen LogP contribution in [-0.4, -0.2) is 18.9 Å². The highest BCUT2D eigenvalue weighted by molar-refractivity contribution is 8.00. The van der Waals surface area contributed by atoms with Gasteiger partial charge in [-0.3, -0.25) is 0 Å². The molecule has 0 saturated carbocycles. The lowest BCUT2D eigenvalue weighted by atomic mass is 9.98.